The van der Waals surface area contributed by atoms with Crippen LogP contribution in [0.5, 0.6) is 0 Å². The van der Waals surface area contributed by atoms with Gasteiger partial charge in [-0.05, 0) is 47.8 Å². The molecule has 0 aliphatic heterocycles. The highest BCUT2D eigenvalue weighted by Crippen LogP contribution is 2.09. The number of hydrogen-bond acceptors (Lipinski definition) is 4. The number of rotatable bonds is 8. The number of nitrogens with two attached hydrogens (primary N) is 1. The zero-order chi connectivity index (χ0) is 18.4. The lowest BCUT2D eigenvalue weighted by Crippen LogP contribution is -3.10. The van der Waals surface area contributed by atoms with Gasteiger partial charge < -0.3 is 20.4 Å². The molecule has 2 aromatic heterocycles. The Morgan fingerprint density at radius 2 is 1.88 bits per heavy atom. The van der Waals surface area contributed by atoms with Crippen molar-refractivity contribution in [2.24, 2.45) is 5.73 Å². The average Bonchev–Trinajstić information content (AvgIpc) is 3.29. The monoisotopic (exact) mass is 370 g/mol. The summed E-state index contributed by atoms with van der Waals surface area (Å²) in [7, 11) is 0. The van der Waals surface area contributed by atoms with Gasteiger partial charge in [-0.1, -0.05) is 6.07 Å². The first-order valence-electron chi connectivity index (χ1n) is 8.18. The molecular formula is C19H20N3O3S+. The summed E-state index contributed by atoms with van der Waals surface area (Å²) >= 11 is 1.67. The van der Waals surface area contributed by atoms with Gasteiger partial charge in [0.1, 0.15) is 13.1 Å². The smallest absolute Gasteiger partial charge is 0.279 e. The van der Waals surface area contributed by atoms with Crippen molar-refractivity contribution in [1.82, 2.24) is 0 Å². The van der Waals surface area contributed by atoms with Crippen molar-refractivity contribution in [3.8, 4) is 0 Å². The predicted octanol–water partition coefficient (Wildman–Crippen LogP) is 1.66. The summed E-state index contributed by atoms with van der Waals surface area (Å²) in [6, 6.07) is 14.4. The van der Waals surface area contributed by atoms with Crippen molar-refractivity contribution >= 4 is 28.8 Å². The summed E-state index contributed by atoms with van der Waals surface area (Å²) in [6.45, 7) is 1.67. The van der Waals surface area contributed by atoms with Crippen molar-refractivity contribution < 1.29 is 18.9 Å². The molecule has 2 heterocycles. The zero-order valence-electron chi connectivity index (χ0n) is 14.1. The molecule has 6 nitrogen and oxygen atoms in total. The van der Waals surface area contributed by atoms with E-state index in [0.717, 1.165) is 17.2 Å². The Balaban J connectivity index is 1.63. The highest BCUT2D eigenvalue weighted by atomic mass is 32.1. The molecule has 0 spiro atoms. The van der Waals surface area contributed by atoms with Crippen LogP contribution in [-0.2, 0) is 17.9 Å². The molecule has 0 saturated carbocycles. The minimum absolute atomic E-state index is 0.102. The number of carbonyl (C=O) groups excluding carboxylic acids is 2. The SMILES string of the molecule is NC(=O)c1ccc(NC(=O)C[NH+](Cc2ccco2)Cc2cccs2)cc1. The quantitative estimate of drug-likeness (QED) is 0.563. The van der Waals surface area contributed by atoms with Crippen LogP contribution in [0.15, 0.2) is 64.6 Å². The van der Waals surface area contributed by atoms with Gasteiger partial charge in [0.05, 0.1) is 11.1 Å². The lowest BCUT2D eigenvalue weighted by molar-refractivity contribution is -0.920. The Kier molecular flexibility index (Phi) is 5.83. The van der Waals surface area contributed by atoms with Gasteiger partial charge >= 0.3 is 0 Å². The molecule has 7 heteroatoms. The number of benzene rings is 1. The molecule has 0 fully saturated rings. The third kappa shape index (κ3) is 5.05. The first kappa shape index (κ1) is 17.9. The van der Waals surface area contributed by atoms with Gasteiger partial charge in [-0.25, -0.2) is 0 Å². The van der Waals surface area contributed by atoms with E-state index in [9.17, 15) is 9.59 Å². The molecule has 3 rings (SSSR count). The summed E-state index contributed by atoms with van der Waals surface area (Å²) in [4.78, 5) is 25.8. The number of hydrogen-bond donors (Lipinski definition) is 3. The number of nitrogens with one attached hydrogen (secondary N) is 2. The Hall–Kier alpha value is -2.90. The summed E-state index contributed by atoms with van der Waals surface area (Å²) < 4.78 is 5.43. The molecule has 134 valence electrons. The Labute approximate surface area is 155 Å². The van der Waals surface area contributed by atoms with Crippen LogP contribution in [0.25, 0.3) is 0 Å². The molecule has 0 aliphatic rings. The molecule has 0 radical (unpaired) electrons. The number of carbonyl (C=O) groups is 2. The number of anilines is 1. The largest absolute Gasteiger partial charge is 0.463 e. The molecule has 26 heavy (non-hydrogen) atoms. The minimum Gasteiger partial charge on any atom is -0.463 e. The van der Waals surface area contributed by atoms with Crippen LogP contribution in [0, 0.1) is 0 Å². The number of primary amides is 1. The predicted molar refractivity (Wildman–Crippen MR) is 99.9 cm³/mol. The van der Waals surface area contributed by atoms with Crippen LogP contribution >= 0.6 is 11.3 Å². The van der Waals surface area contributed by atoms with Gasteiger partial charge in [0.25, 0.3) is 5.91 Å². The van der Waals surface area contributed by atoms with E-state index in [2.05, 4.69) is 11.4 Å². The van der Waals surface area contributed by atoms with Gasteiger partial charge in [0.2, 0.25) is 5.91 Å². The maximum atomic E-state index is 12.4. The van der Waals surface area contributed by atoms with E-state index in [1.54, 1.807) is 41.9 Å². The van der Waals surface area contributed by atoms with E-state index in [4.69, 9.17) is 10.2 Å². The summed E-state index contributed by atoms with van der Waals surface area (Å²) in [5.74, 6) is 0.248. The fraction of sp³-hybridized carbons (Fsp3) is 0.158. The van der Waals surface area contributed by atoms with E-state index >= 15 is 0 Å². The van der Waals surface area contributed by atoms with E-state index < -0.39 is 5.91 Å². The van der Waals surface area contributed by atoms with Gasteiger partial charge in [-0.3, -0.25) is 9.59 Å². The van der Waals surface area contributed by atoms with Crippen LogP contribution in [0.3, 0.4) is 0 Å². The van der Waals surface area contributed by atoms with Crippen molar-refractivity contribution in [2.45, 2.75) is 13.1 Å². The Morgan fingerprint density at radius 1 is 1.08 bits per heavy atom. The second-order valence-electron chi connectivity index (χ2n) is 5.93. The first-order valence-corrected chi connectivity index (χ1v) is 9.06. The number of quaternary nitrogens is 1. The van der Waals surface area contributed by atoms with Crippen LogP contribution < -0.4 is 16.0 Å². The Bertz CT molecular complexity index is 807. The van der Waals surface area contributed by atoms with E-state index in [1.807, 2.05) is 23.6 Å². The second-order valence-corrected chi connectivity index (χ2v) is 6.96. The molecule has 1 unspecified atom stereocenters. The maximum absolute atomic E-state index is 12.4. The zero-order valence-corrected chi connectivity index (χ0v) is 14.9. The lowest BCUT2D eigenvalue weighted by atomic mass is 10.2. The number of thiophene rings is 1. The summed E-state index contributed by atoms with van der Waals surface area (Å²) in [5.41, 5.74) is 6.26. The molecule has 1 atom stereocenters. The normalized spacial score (nSPS) is 11.8. The van der Waals surface area contributed by atoms with Crippen LogP contribution in [0.1, 0.15) is 21.0 Å². The van der Waals surface area contributed by atoms with Gasteiger partial charge in [0, 0.05) is 11.3 Å². The van der Waals surface area contributed by atoms with E-state index in [1.165, 1.54) is 4.88 Å². The fourth-order valence-corrected chi connectivity index (χ4v) is 3.43. The van der Waals surface area contributed by atoms with Crippen molar-refractivity contribution in [3.63, 3.8) is 0 Å². The molecule has 3 aromatic rings. The maximum Gasteiger partial charge on any atom is 0.279 e. The average molecular weight is 370 g/mol. The molecule has 2 amide bonds. The van der Waals surface area contributed by atoms with Crippen molar-refractivity contribution in [2.75, 3.05) is 11.9 Å². The second kappa shape index (κ2) is 8.46. The third-order valence-corrected chi connectivity index (χ3v) is 4.75. The van der Waals surface area contributed by atoms with E-state index in [-0.39, 0.29) is 5.91 Å². The van der Waals surface area contributed by atoms with E-state index in [0.29, 0.717) is 24.3 Å². The number of furan rings is 1. The van der Waals surface area contributed by atoms with Crippen molar-refractivity contribution in [1.29, 1.82) is 0 Å². The van der Waals surface area contributed by atoms with Gasteiger partial charge in [-0.15, -0.1) is 11.3 Å². The molecule has 1 aromatic carbocycles. The number of amides is 2. The minimum atomic E-state index is -0.493. The summed E-state index contributed by atoms with van der Waals surface area (Å²) in [5, 5.41) is 4.89. The lowest BCUT2D eigenvalue weighted by Gasteiger charge is -2.17. The highest BCUT2D eigenvalue weighted by molar-refractivity contribution is 7.09. The molecule has 0 saturated heterocycles. The van der Waals surface area contributed by atoms with Gasteiger partial charge in [0.15, 0.2) is 12.3 Å². The van der Waals surface area contributed by atoms with Crippen LogP contribution in [-0.4, -0.2) is 18.4 Å². The van der Waals surface area contributed by atoms with Crippen molar-refractivity contribution in [3.05, 3.63) is 76.4 Å². The fourth-order valence-electron chi connectivity index (χ4n) is 2.66. The van der Waals surface area contributed by atoms with Crippen LogP contribution in [0.4, 0.5) is 5.69 Å². The third-order valence-electron chi connectivity index (χ3n) is 3.87. The Morgan fingerprint density at radius 3 is 2.50 bits per heavy atom. The molecule has 4 N–H and O–H groups in total. The van der Waals surface area contributed by atoms with Crippen LogP contribution in [0.2, 0.25) is 0 Å². The standard InChI is InChI=1S/C19H19N3O3S/c20-19(24)14-5-7-15(8-6-14)21-18(23)13-22(11-16-3-1-9-25-16)12-17-4-2-10-26-17/h1-10H,11-13H2,(H2,20,24)(H,21,23)/p+1. The summed E-state index contributed by atoms with van der Waals surface area (Å²) in [6.07, 6.45) is 1.64. The van der Waals surface area contributed by atoms with Gasteiger partial charge in [-0.2, -0.15) is 0 Å². The molecular weight excluding hydrogens is 350 g/mol. The first-order chi connectivity index (χ1) is 12.6. The molecule has 0 aliphatic carbocycles. The molecule has 0 bridgehead atoms. The topological polar surface area (TPSA) is 89.8 Å². The highest BCUT2D eigenvalue weighted by Gasteiger charge is 2.17.